The second-order valence-corrected chi connectivity index (χ2v) is 5.48. The van der Waals surface area contributed by atoms with Crippen LogP contribution < -0.4 is 4.74 Å². The number of benzene rings is 1. The SMILES string of the molecule is CN(CCOc1cccc(/C=C/C(=O)O)c1)C(C)(C)CO. The zero-order valence-electron chi connectivity index (χ0n) is 12.7. The van der Waals surface area contributed by atoms with E-state index in [-0.39, 0.29) is 12.1 Å². The van der Waals surface area contributed by atoms with Crippen LogP contribution in [0.2, 0.25) is 0 Å². The molecule has 0 saturated heterocycles. The summed E-state index contributed by atoms with van der Waals surface area (Å²) in [4.78, 5) is 12.5. The van der Waals surface area contributed by atoms with Crippen molar-refractivity contribution in [1.29, 1.82) is 0 Å². The van der Waals surface area contributed by atoms with Gasteiger partial charge in [0.15, 0.2) is 0 Å². The number of carboxylic acids is 1. The number of aliphatic hydroxyl groups is 1. The fourth-order valence-corrected chi connectivity index (χ4v) is 1.60. The highest BCUT2D eigenvalue weighted by atomic mass is 16.5. The maximum Gasteiger partial charge on any atom is 0.328 e. The van der Waals surface area contributed by atoms with Crippen molar-refractivity contribution in [1.82, 2.24) is 4.90 Å². The van der Waals surface area contributed by atoms with E-state index in [9.17, 15) is 9.90 Å². The molecule has 0 fully saturated rings. The van der Waals surface area contributed by atoms with Gasteiger partial charge < -0.3 is 14.9 Å². The van der Waals surface area contributed by atoms with E-state index in [0.717, 1.165) is 11.6 Å². The number of carboxylic acid groups (broad SMARTS) is 1. The van der Waals surface area contributed by atoms with Crippen molar-refractivity contribution < 1.29 is 19.7 Å². The summed E-state index contributed by atoms with van der Waals surface area (Å²) in [6.07, 6.45) is 2.62. The van der Waals surface area contributed by atoms with E-state index < -0.39 is 5.97 Å². The summed E-state index contributed by atoms with van der Waals surface area (Å²) in [5.74, 6) is -0.285. The molecule has 0 saturated carbocycles. The first-order valence-corrected chi connectivity index (χ1v) is 6.81. The molecule has 1 aromatic rings. The third-order valence-electron chi connectivity index (χ3n) is 3.39. The standard InChI is InChI=1S/C16H23NO4/c1-16(2,12-18)17(3)9-10-21-14-6-4-5-13(11-14)7-8-15(19)20/h4-8,11,18H,9-10,12H2,1-3H3,(H,19,20)/b8-7+. The number of rotatable bonds is 8. The van der Waals surface area contributed by atoms with Gasteiger partial charge in [-0.1, -0.05) is 12.1 Å². The minimum absolute atomic E-state index is 0.0823. The quantitative estimate of drug-likeness (QED) is 0.716. The highest BCUT2D eigenvalue weighted by molar-refractivity contribution is 5.85. The van der Waals surface area contributed by atoms with Crippen molar-refractivity contribution in [2.24, 2.45) is 0 Å². The predicted octanol–water partition coefficient (Wildman–Crippen LogP) is 1.87. The molecule has 0 bridgehead atoms. The van der Waals surface area contributed by atoms with Gasteiger partial charge in [-0.15, -0.1) is 0 Å². The Bertz CT molecular complexity index is 497. The predicted molar refractivity (Wildman–Crippen MR) is 82.4 cm³/mol. The molecule has 2 N–H and O–H groups in total. The molecule has 1 rings (SSSR count). The topological polar surface area (TPSA) is 70.0 Å². The lowest BCUT2D eigenvalue weighted by Crippen LogP contribution is -2.45. The summed E-state index contributed by atoms with van der Waals surface area (Å²) < 4.78 is 5.66. The van der Waals surface area contributed by atoms with Crippen LogP contribution in [0.1, 0.15) is 19.4 Å². The van der Waals surface area contributed by atoms with Gasteiger partial charge in [0, 0.05) is 18.2 Å². The van der Waals surface area contributed by atoms with Gasteiger partial charge in [-0.25, -0.2) is 4.79 Å². The number of nitrogens with zero attached hydrogens (tertiary/aromatic N) is 1. The van der Waals surface area contributed by atoms with Crippen LogP contribution in [0.5, 0.6) is 5.75 Å². The van der Waals surface area contributed by atoms with E-state index in [4.69, 9.17) is 9.84 Å². The van der Waals surface area contributed by atoms with Gasteiger partial charge >= 0.3 is 5.97 Å². The molecule has 0 amide bonds. The molecular weight excluding hydrogens is 270 g/mol. The third kappa shape index (κ3) is 5.97. The Kier molecular flexibility index (Phi) is 6.39. The minimum atomic E-state index is -0.978. The van der Waals surface area contributed by atoms with Crippen molar-refractivity contribution in [3.63, 3.8) is 0 Å². The van der Waals surface area contributed by atoms with E-state index in [1.807, 2.05) is 44.0 Å². The van der Waals surface area contributed by atoms with Crippen molar-refractivity contribution in [3.8, 4) is 5.75 Å². The summed E-state index contributed by atoms with van der Waals surface area (Å²) in [5, 5.41) is 17.9. The Morgan fingerprint density at radius 3 is 2.76 bits per heavy atom. The molecule has 5 nitrogen and oxygen atoms in total. The number of aliphatic carboxylic acids is 1. The Labute approximate surface area is 125 Å². The maximum atomic E-state index is 10.5. The molecule has 0 aliphatic carbocycles. The molecular formula is C16H23NO4. The highest BCUT2D eigenvalue weighted by Gasteiger charge is 2.21. The lowest BCUT2D eigenvalue weighted by Gasteiger charge is -2.33. The fourth-order valence-electron chi connectivity index (χ4n) is 1.60. The Hall–Kier alpha value is -1.85. The number of carbonyl (C=O) groups is 1. The molecule has 0 aromatic heterocycles. The number of hydrogen-bond donors (Lipinski definition) is 2. The number of aliphatic hydroxyl groups excluding tert-OH is 1. The Balaban J connectivity index is 2.53. The molecule has 0 aliphatic rings. The minimum Gasteiger partial charge on any atom is -0.492 e. The average molecular weight is 293 g/mol. The molecule has 0 unspecified atom stereocenters. The molecule has 0 aliphatic heterocycles. The summed E-state index contributed by atoms with van der Waals surface area (Å²) >= 11 is 0. The Morgan fingerprint density at radius 1 is 1.43 bits per heavy atom. The first kappa shape index (κ1) is 17.2. The van der Waals surface area contributed by atoms with Gasteiger partial charge in [0.1, 0.15) is 12.4 Å². The average Bonchev–Trinajstić information content (AvgIpc) is 2.45. The van der Waals surface area contributed by atoms with Gasteiger partial charge in [0.05, 0.1) is 6.61 Å². The molecule has 0 spiro atoms. The highest BCUT2D eigenvalue weighted by Crippen LogP contribution is 2.15. The fraction of sp³-hybridized carbons (Fsp3) is 0.438. The zero-order valence-corrected chi connectivity index (χ0v) is 12.7. The van der Waals surface area contributed by atoms with Crippen LogP contribution in [0.15, 0.2) is 30.3 Å². The molecule has 0 radical (unpaired) electrons. The van der Waals surface area contributed by atoms with Gasteiger partial charge in [-0.2, -0.15) is 0 Å². The normalized spacial score (nSPS) is 12.0. The van der Waals surface area contributed by atoms with E-state index >= 15 is 0 Å². The van der Waals surface area contributed by atoms with Crippen LogP contribution in [0.4, 0.5) is 0 Å². The molecule has 5 heteroatoms. The largest absolute Gasteiger partial charge is 0.492 e. The van der Waals surface area contributed by atoms with Crippen LogP contribution >= 0.6 is 0 Å². The smallest absolute Gasteiger partial charge is 0.328 e. The van der Waals surface area contributed by atoms with Gasteiger partial charge in [0.2, 0.25) is 0 Å². The van der Waals surface area contributed by atoms with Crippen molar-refractivity contribution in [2.75, 3.05) is 26.8 Å². The van der Waals surface area contributed by atoms with Crippen molar-refractivity contribution >= 4 is 12.0 Å². The molecule has 21 heavy (non-hydrogen) atoms. The number of likely N-dealkylation sites (N-methyl/N-ethyl adjacent to an activating group) is 1. The number of ether oxygens (including phenoxy) is 1. The van der Waals surface area contributed by atoms with Gasteiger partial charge in [-0.05, 0) is 44.7 Å². The summed E-state index contributed by atoms with van der Waals surface area (Å²) in [5.41, 5.74) is 0.494. The Morgan fingerprint density at radius 2 is 2.14 bits per heavy atom. The zero-order chi connectivity index (χ0) is 15.9. The first-order valence-electron chi connectivity index (χ1n) is 6.81. The van der Waals surface area contributed by atoms with E-state index in [1.165, 1.54) is 6.08 Å². The second-order valence-electron chi connectivity index (χ2n) is 5.48. The first-order chi connectivity index (χ1) is 9.85. The summed E-state index contributed by atoms with van der Waals surface area (Å²) in [6, 6.07) is 7.25. The third-order valence-corrected chi connectivity index (χ3v) is 3.39. The van der Waals surface area contributed by atoms with E-state index in [2.05, 4.69) is 0 Å². The van der Waals surface area contributed by atoms with Crippen LogP contribution in [-0.4, -0.2) is 53.4 Å². The van der Waals surface area contributed by atoms with E-state index in [0.29, 0.717) is 18.9 Å². The number of hydrogen-bond acceptors (Lipinski definition) is 4. The lowest BCUT2D eigenvalue weighted by atomic mass is 10.1. The van der Waals surface area contributed by atoms with Crippen molar-refractivity contribution in [2.45, 2.75) is 19.4 Å². The molecule has 1 aromatic carbocycles. The van der Waals surface area contributed by atoms with E-state index in [1.54, 1.807) is 6.07 Å². The summed E-state index contributed by atoms with van der Waals surface area (Å²) in [7, 11) is 1.94. The van der Waals surface area contributed by atoms with Crippen LogP contribution in [0, 0.1) is 0 Å². The van der Waals surface area contributed by atoms with Crippen LogP contribution in [0.3, 0.4) is 0 Å². The van der Waals surface area contributed by atoms with Gasteiger partial charge in [-0.3, -0.25) is 4.90 Å². The molecule has 116 valence electrons. The second kappa shape index (κ2) is 7.81. The van der Waals surface area contributed by atoms with Gasteiger partial charge in [0.25, 0.3) is 0 Å². The molecule has 0 atom stereocenters. The maximum absolute atomic E-state index is 10.5. The van der Waals surface area contributed by atoms with Crippen LogP contribution in [-0.2, 0) is 4.79 Å². The lowest BCUT2D eigenvalue weighted by molar-refractivity contribution is -0.131. The van der Waals surface area contributed by atoms with Crippen LogP contribution in [0.25, 0.3) is 6.08 Å². The van der Waals surface area contributed by atoms with Crippen molar-refractivity contribution in [3.05, 3.63) is 35.9 Å². The summed E-state index contributed by atoms with van der Waals surface area (Å²) in [6.45, 7) is 5.18. The molecule has 0 heterocycles. The monoisotopic (exact) mass is 293 g/mol.